The summed E-state index contributed by atoms with van der Waals surface area (Å²) in [5, 5.41) is 9.67. The van der Waals surface area contributed by atoms with E-state index in [0.29, 0.717) is 11.5 Å². The summed E-state index contributed by atoms with van der Waals surface area (Å²) in [5.74, 6) is 0.757. The van der Waals surface area contributed by atoms with Gasteiger partial charge in [0.2, 0.25) is 5.91 Å². The number of carbonyl (C=O) groups excluding carboxylic acids is 1. The molecule has 0 saturated heterocycles. The van der Waals surface area contributed by atoms with E-state index in [-0.39, 0.29) is 36.4 Å². The predicted molar refractivity (Wildman–Crippen MR) is 113 cm³/mol. The third-order valence-electron chi connectivity index (χ3n) is 4.94. The third kappa shape index (κ3) is 8.57. The van der Waals surface area contributed by atoms with Crippen LogP contribution in [-0.4, -0.2) is 50.8 Å². The van der Waals surface area contributed by atoms with Gasteiger partial charge in [-0.3, -0.25) is 4.79 Å². The van der Waals surface area contributed by atoms with Crippen LogP contribution in [0.3, 0.4) is 0 Å². The maximum absolute atomic E-state index is 11.8. The zero-order chi connectivity index (χ0) is 17.3. The van der Waals surface area contributed by atoms with Crippen molar-refractivity contribution < 1.29 is 9.53 Å². The molecule has 146 valence electrons. The average Bonchev–Trinajstić information content (AvgIpc) is 3.26. The summed E-state index contributed by atoms with van der Waals surface area (Å²) in [6, 6.07) is 0.392. The topological polar surface area (TPSA) is 74.8 Å². The molecule has 0 unspecified atom stereocenters. The second-order valence-corrected chi connectivity index (χ2v) is 7.04. The van der Waals surface area contributed by atoms with Gasteiger partial charge < -0.3 is 20.7 Å². The Labute approximate surface area is 169 Å². The normalized spacial score (nSPS) is 19.2. The highest BCUT2D eigenvalue weighted by molar-refractivity contribution is 14.0. The predicted octanol–water partition coefficient (Wildman–Crippen LogP) is 2.43. The van der Waals surface area contributed by atoms with Crippen molar-refractivity contribution in [3.8, 4) is 0 Å². The molecular weight excluding hydrogens is 431 g/mol. The number of guanidine groups is 1. The number of rotatable bonds is 10. The third-order valence-corrected chi connectivity index (χ3v) is 4.94. The molecule has 3 N–H and O–H groups in total. The number of hydrogen-bond donors (Lipinski definition) is 3. The van der Waals surface area contributed by atoms with Gasteiger partial charge in [0.05, 0.1) is 0 Å². The molecule has 2 fully saturated rings. The Morgan fingerprint density at radius 3 is 2.52 bits per heavy atom. The molecule has 0 aromatic rings. The highest BCUT2D eigenvalue weighted by Gasteiger charge is 2.33. The lowest BCUT2D eigenvalue weighted by Gasteiger charge is -2.30. The molecule has 0 aromatic carbocycles. The van der Waals surface area contributed by atoms with Crippen molar-refractivity contribution in [2.75, 3.05) is 32.8 Å². The molecule has 25 heavy (non-hydrogen) atoms. The Bertz CT molecular complexity index is 421. The van der Waals surface area contributed by atoms with Crippen LogP contribution in [0, 0.1) is 5.41 Å². The Morgan fingerprint density at radius 1 is 1.20 bits per heavy atom. The molecule has 0 radical (unpaired) electrons. The molecule has 6 nitrogen and oxygen atoms in total. The van der Waals surface area contributed by atoms with Gasteiger partial charge in [-0.1, -0.05) is 12.8 Å². The zero-order valence-corrected chi connectivity index (χ0v) is 18.1. The van der Waals surface area contributed by atoms with Crippen LogP contribution in [-0.2, 0) is 9.53 Å². The lowest BCUT2D eigenvalue weighted by molar-refractivity contribution is -0.119. The number of hydrogen-bond acceptors (Lipinski definition) is 3. The molecular formula is C18H35IN4O2. The van der Waals surface area contributed by atoms with Gasteiger partial charge in [0.15, 0.2) is 5.96 Å². The van der Waals surface area contributed by atoms with Crippen molar-refractivity contribution in [1.82, 2.24) is 16.0 Å². The van der Waals surface area contributed by atoms with Crippen molar-refractivity contribution in [1.29, 1.82) is 0 Å². The van der Waals surface area contributed by atoms with Crippen LogP contribution in [0.25, 0.3) is 0 Å². The SMILES string of the molecule is CCNC(=NCC(=O)NC1CC1)NCC1(CCOCC)CCCC1.I. The van der Waals surface area contributed by atoms with Crippen LogP contribution in [0.5, 0.6) is 0 Å². The standard InChI is InChI=1S/C18H34N4O2.HI/c1-3-19-17(20-13-16(23)22-15-7-8-15)21-14-18(9-5-6-10-18)11-12-24-4-2;/h15H,3-14H2,1-2H3,(H,22,23)(H2,19,20,21);1H. The molecule has 0 bridgehead atoms. The van der Waals surface area contributed by atoms with Crippen LogP contribution in [0.2, 0.25) is 0 Å². The Morgan fingerprint density at radius 2 is 1.92 bits per heavy atom. The van der Waals surface area contributed by atoms with Gasteiger partial charge in [-0.25, -0.2) is 4.99 Å². The summed E-state index contributed by atoms with van der Waals surface area (Å²) in [6.07, 6.45) is 8.39. The minimum absolute atomic E-state index is 0. The minimum atomic E-state index is 0. The molecule has 0 aliphatic heterocycles. The second-order valence-electron chi connectivity index (χ2n) is 7.04. The molecule has 2 rings (SSSR count). The van der Waals surface area contributed by atoms with Crippen LogP contribution in [0.15, 0.2) is 4.99 Å². The second kappa shape index (κ2) is 11.9. The fraction of sp³-hybridized carbons (Fsp3) is 0.889. The fourth-order valence-electron chi connectivity index (χ4n) is 3.34. The van der Waals surface area contributed by atoms with Gasteiger partial charge in [0, 0.05) is 32.3 Å². The van der Waals surface area contributed by atoms with Gasteiger partial charge >= 0.3 is 0 Å². The largest absolute Gasteiger partial charge is 0.382 e. The van der Waals surface area contributed by atoms with E-state index in [9.17, 15) is 4.79 Å². The first-order chi connectivity index (χ1) is 11.7. The van der Waals surface area contributed by atoms with Gasteiger partial charge in [0.1, 0.15) is 6.54 Å². The Balaban J connectivity index is 0.00000312. The number of aliphatic imine (C=N–C) groups is 1. The first-order valence-corrected chi connectivity index (χ1v) is 9.57. The molecule has 1 amide bonds. The monoisotopic (exact) mass is 466 g/mol. The van der Waals surface area contributed by atoms with E-state index >= 15 is 0 Å². The number of ether oxygens (including phenoxy) is 1. The summed E-state index contributed by atoms with van der Waals surface area (Å²) in [7, 11) is 0. The maximum Gasteiger partial charge on any atom is 0.242 e. The molecule has 0 atom stereocenters. The number of nitrogens with one attached hydrogen (secondary N) is 3. The Hall–Kier alpha value is -0.570. The smallest absolute Gasteiger partial charge is 0.242 e. The van der Waals surface area contributed by atoms with Gasteiger partial charge in [-0.05, 0) is 51.4 Å². The van der Waals surface area contributed by atoms with E-state index in [1.807, 2.05) is 13.8 Å². The first-order valence-electron chi connectivity index (χ1n) is 9.57. The lowest BCUT2D eigenvalue weighted by Crippen LogP contribution is -2.44. The lowest BCUT2D eigenvalue weighted by atomic mass is 9.83. The van der Waals surface area contributed by atoms with Gasteiger partial charge in [0.25, 0.3) is 0 Å². The number of carbonyl (C=O) groups is 1. The van der Waals surface area contributed by atoms with E-state index in [1.165, 1.54) is 25.7 Å². The summed E-state index contributed by atoms with van der Waals surface area (Å²) in [6.45, 7) is 7.58. The fourth-order valence-corrected chi connectivity index (χ4v) is 3.34. The van der Waals surface area contributed by atoms with E-state index in [4.69, 9.17) is 4.74 Å². The van der Waals surface area contributed by atoms with Crippen molar-refractivity contribution in [2.45, 2.75) is 64.8 Å². The quantitative estimate of drug-likeness (QED) is 0.200. The van der Waals surface area contributed by atoms with E-state index in [0.717, 1.165) is 51.5 Å². The van der Waals surface area contributed by atoms with E-state index < -0.39 is 0 Å². The van der Waals surface area contributed by atoms with Crippen LogP contribution >= 0.6 is 24.0 Å². The maximum atomic E-state index is 11.8. The minimum Gasteiger partial charge on any atom is -0.382 e. The van der Waals surface area contributed by atoms with Crippen molar-refractivity contribution in [2.24, 2.45) is 10.4 Å². The summed E-state index contributed by atoms with van der Waals surface area (Å²) in [5.41, 5.74) is 0.307. The van der Waals surface area contributed by atoms with Crippen molar-refractivity contribution in [3.63, 3.8) is 0 Å². The van der Waals surface area contributed by atoms with Crippen molar-refractivity contribution in [3.05, 3.63) is 0 Å². The highest BCUT2D eigenvalue weighted by Crippen LogP contribution is 2.40. The van der Waals surface area contributed by atoms with E-state index in [1.54, 1.807) is 0 Å². The molecule has 7 heteroatoms. The first kappa shape index (κ1) is 22.5. The van der Waals surface area contributed by atoms with Crippen LogP contribution in [0.4, 0.5) is 0 Å². The van der Waals surface area contributed by atoms with Gasteiger partial charge in [-0.2, -0.15) is 0 Å². The highest BCUT2D eigenvalue weighted by atomic mass is 127. The van der Waals surface area contributed by atoms with Gasteiger partial charge in [-0.15, -0.1) is 24.0 Å². The zero-order valence-electron chi connectivity index (χ0n) is 15.7. The van der Waals surface area contributed by atoms with Crippen LogP contribution < -0.4 is 16.0 Å². The molecule has 2 aliphatic rings. The Kier molecular flexibility index (Phi) is 10.7. The summed E-state index contributed by atoms with van der Waals surface area (Å²) < 4.78 is 5.57. The number of nitrogens with zero attached hydrogens (tertiary/aromatic N) is 1. The molecule has 0 spiro atoms. The molecule has 0 heterocycles. The van der Waals surface area contributed by atoms with E-state index in [2.05, 4.69) is 20.9 Å². The summed E-state index contributed by atoms with van der Waals surface area (Å²) >= 11 is 0. The van der Waals surface area contributed by atoms with Crippen LogP contribution in [0.1, 0.15) is 58.8 Å². The van der Waals surface area contributed by atoms with Crippen molar-refractivity contribution >= 4 is 35.8 Å². The summed E-state index contributed by atoms with van der Waals surface area (Å²) in [4.78, 5) is 16.2. The average molecular weight is 466 g/mol. The number of halogens is 1. The molecule has 2 saturated carbocycles. The number of amides is 1. The molecule has 0 aromatic heterocycles. The molecule has 2 aliphatic carbocycles.